The summed E-state index contributed by atoms with van der Waals surface area (Å²) in [5.74, 6) is 1.50. The molecule has 0 aliphatic carbocycles. The van der Waals surface area contributed by atoms with E-state index in [9.17, 15) is 4.79 Å². The number of rotatable bonds is 1. The van der Waals surface area contributed by atoms with Crippen LogP contribution < -0.4 is 0 Å². The Morgan fingerprint density at radius 1 is 1.29 bits per heavy atom. The number of likely N-dealkylation sites (tertiary alicyclic amines) is 1. The predicted octanol–water partition coefficient (Wildman–Crippen LogP) is 1.82. The molecule has 1 aromatic heterocycles. The number of aryl methyl sites for hydroxylation is 2. The maximum Gasteiger partial charge on any atom is 0.219 e. The second-order valence-corrected chi connectivity index (χ2v) is 4.76. The topological polar surface area (TPSA) is 46.1 Å². The zero-order valence-electron chi connectivity index (χ0n) is 10.7. The van der Waals surface area contributed by atoms with Crippen LogP contribution in [0.4, 0.5) is 0 Å². The quantitative estimate of drug-likeness (QED) is 0.743. The molecule has 0 aromatic carbocycles. The molecule has 17 heavy (non-hydrogen) atoms. The number of piperidine rings is 1. The van der Waals surface area contributed by atoms with Crippen LogP contribution in [0.1, 0.15) is 42.9 Å². The van der Waals surface area contributed by atoms with Gasteiger partial charge in [-0.05, 0) is 32.8 Å². The van der Waals surface area contributed by atoms with Gasteiger partial charge in [0.25, 0.3) is 0 Å². The van der Waals surface area contributed by atoms with Gasteiger partial charge in [0.1, 0.15) is 5.82 Å². The monoisotopic (exact) mass is 233 g/mol. The SMILES string of the molecule is CC(=O)N1CCC(c2cc(C)nc(C)n2)CC1. The molecule has 0 N–H and O–H groups in total. The van der Waals surface area contributed by atoms with Gasteiger partial charge in [0.05, 0.1) is 0 Å². The number of hydrogen-bond acceptors (Lipinski definition) is 3. The zero-order valence-corrected chi connectivity index (χ0v) is 10.7. The zero-order chi connectivity index (χ0) is 12.4. The predicted molar refractivity (Wildman–Crippen MR) is 65.7 cm³/mol. The maximum atomic E-state index is 11.3. The van der Waals surface area contributed by atoms with Crippen molar-refractivity contribution in [2.75, 3.05) is 13.1 Å². The molecule has 0 saturated carbocycles. The van der Waals surface area contributed by atoms with E-state index in [4.69, 9.17) is 0 Å². The second kappa shape index (κ2) is 4.82. The fourth-order valence-corrected chi connectivity index (χ4v) is 2.44. The highest BCUT2D eigenvalue weighted by Crippen LogP contribution is 2.26. The first-order chi connectivity index (χ1) is 8.06. The highest BCUT2D eigenvalue weighted by atomic mass is 16.2. The molecule has 2 rings (SSSR count). The molecule has 1 saturated heterocycles. The lowest BCUT2D eigenvalue weighted by atomic mass is 9.93. The Hall–Kier alpha value is -1.45. The van der Waals surface area contributed by atoms with E-state index < -0.39 is 0 Å². The first-order valence-corrected chi connectivity index (χ1v) is 6.14. The van der Waals surface area contributed by atoms with E-state index in [1.807, 2.05) is 18.7 Å². The summed E-state index contributed by atoms with van der Waals surface area (Å²) in [5, 5.41) is 0. The van der Waals surface area contributed by atoms with Crippen LogP contribution in [0.5, 0.6) is 0 Å². The van der Waals surface area contributed by atoms with Crippen LogP contribution in [0, 0.1) is 13.8 Å². The van der Waals surface area contributed by atoms with Crippen LogP contribution in [0.25, 0.3) is 0 Å². The smallest absolute Gasteiger partial charge is 0.219 e. The third kappa shape index (κ3) is 2.81. The second-order valence-electron chi connectivity index (χ2n) is 4.76. The van der Waals surface area contributed by atoms with Gasteiger partial charge in [-0.25, -0.2) is 9.97 Å². The van der Waals surface area contributed by atoms with Crippen molar-refractivity contribution in [3.05, 3.63) is 23.3 Å². The van der Waals surface area contributed by atoms with Crippen LogP contribution in [0.2, 0.25) is 0 Å². The lowest BCUT2D eigenvalue weighted by molar-refractivity contribution is -0.129. The molecule has 1 amide bonds. The molecule has 0 spiro atoms. The Morgan fingerprint density at radius 2 is 1.94 bits per heavy atom. The molecule has 4 heteroatoms. The molecule has 1 aliphatic rings. The summed E-state index contributed by atoms with van der Waals surface area (Å²) >= 11 is 0. The average Bonchev–Trinajstić information content (AvgIpc) is 2.28. The van der Waals surface area contributed by atoms with Gasteiger partial charge in [0, 0.05) is 37.3 Å². The minimum absolute atomic E-state index is 0.179. The number of aromatic nitrogens is 2. The van der Waals surface area contributed by atoms with Crippen molar-refractivity contribution >= 4 is 5.91 Å². The Morgan fingerprint density at radius 3 is 2.47 bits per heavy atom. The number of hydrogen-bond donors (Lipinski definition) is 0. The van der Waals surface area contributed by atoms with Crippen molar-refractivity contribution in [3.8, 4) is 0 Å². The maximum absolute atomic E-state index is 11.3. The van der Waals surface area contributed by atoms with Crippen molar-refractivity contribution in [1.82, 2.24) is 14.9 Å². The number of amides is 1. The van der Waals surface area contributed by atoms with Crippen molar-refractivity contribution < 1.29 is 4.79 Å². The first kappa shape index (κ1) is 12.0. The van der Waals surface area contributed by atoms with Gasteiger partial charge in [-0.15, -0.1) is 0 Å². The Balaban J connectivity index is 2.07. The van der Waals surface area contributed by atoms with Crippen LogP contribution in [-0.4, -0.2) is 33.9 Å². The van der Waals surface area contributed by atoms with Crippen molar-refractivity contribution in [2.24, 2.45) is 0 Å². The molecule has 0 atom stereocenters. The molecule has 0 radical (unpaired) electrons. The molecule has 1 aliphatic heterocycles. The van der Waals surface area contributed by atoms with E-state index in [2.05, 4.69) is 16.0 Å². The van der Waals surface area contributed by atoms with E-state index in [0.29, 0.717) is 5.92 Å². The van der Waals surface area contributed by atoms with Gasteiger partial charge in [-0.1, -0.05) is 0 Å². The minimum Gasteiger partial charge on any atom is -0.343 e. The Kier molecular flexibility index (Phi) is 3.41. The molecular weight excluding hydrogens is 214 g/mol. The summed E-state index contributed by atoms with van der Waals surface area (Å²) in [4.78, 5) is 22.0. The van der Waals surface area contributed by atoms with Crippen molar-refractivity contribution in [2.45, 2.75) is 39.5 Å². The van der Waals surface area contributed by atoms with Crippen LogP contribution >= 0.6 is 0 Å². The standard InChI is InChI=1S/C13H19N3O/c1-9-8-13(15-10(2)14-9)12-4-6-16(7-5-12)11(3)17/h8,12H,4-7H2,1-3H3. The fourth-order valence-electron chi connectivity index (χ4n) is 2.44. The van der Waals surface area contributed by atoms with E-state index in [1.54, 1.807) is 6.92 Å². The summed E-state index contributed by atoms with van der Waals surface area (Å²) in [6.45, 7) is 7.27. The van der Waals surface area contributed by atoms with Gasteiger partial charge in [0.2, 0.25) is 5.91 Å². The van der Waals surface area contributed by atoms with Crippen LogP contribution in [0.15, 0.2) is 6.07 Å². The van der Waals surface area contributed by atoms with E-state index in [0.717, 1.165) is 43.1 Å². The third-order valence-corrected chi connectivity index (χ3v) is 3.34. The van der Waals surface area contributed by atoms with Crippen LogP contribution in [0.3, 0.4) is 0 Å². The number of carbonyl (C=O) groups excluding carboxylic acids is 1. The third-order valence-electron chi connectivity index (χ3n) is 3.34. The molecule has 4 nitrogen and oxygen atoms in total. The number of carbonyl (C=O) groups is 1. The summed E-state index contributed by atoms with van der Waals surface area (Å²) in [6, 6.07) is 2.07. The van der Waals surface area contributed by atoms with E-state index >= 15 is 0 Å². The summed E-state index contributed by atoms with van der Waals surface area (Å²) in [7, 11) is 0. The van der Waals surface area contributed by atoms with Gasteiger partial charge in [-0.2, -0.15) is 0 Å². The van der Waals surface area contributed by atoms with Gasteiger partial charge < -0.3 is 4.90 Å². The Bertz CT molecular complexity index is 402. The molecule has 1 fully saturated rings. The summed E-state index contributed by atoms with van der Waals surface area (Å²) in [6.07, 6.45) is 2.02. The van der Waals surface area contributed by atoms with Crippen LogP contribution in [-0.2, 0) is 4.79 Å². The van der Waals surface area contributed by atoms with Crippen molar-refractivity contribution in [1.29, 1.82) is 0 Å². The minimum atomic E-state index is 0.179. The fraction of sp³-hybridized carbons (Fsp3) is 0.615. The largest absolute Gasteiger partial charge is 0.343 e. The molecular formula is C13H19N3O. The highest BCUT2D eigenvalue weighted by Gasteiger charge is 2.23. The van der Waals surface area contributed by atoms with Gasteiger partial charge in [-0.3, -0.25) is 4.79 Å². The van der Waals surface area contributed by atoms with Gasteiger partial charge >= 0.3 is 0 Å². The Labute approximate surface area is 102 Å². The van der Waals surface area contributed by atoms with Gasteiger partial charge in [0.15, 0.2) is 0 Å². The molecule has 0 bridgehead atoms. The lowest BCUT2D eigenvalue weighted by Gasteiger charge is -2.31. The normalized spacial score (nSPS) is 17.2. The van der Waals surface area contributed by atoms with E-state index in [-0.39, 0.29) is 5.91 Å². The molecule has 1 aromatic rings. The lowest BCUT2D eigenvalue weighted by Crippen LogP contribution is -2.36. The summed E-state index contributed by atoms with van der Waals surface area (Å²) < 4.78 is 0. The molecule has 92 valence electrons. The first-order valence-electron chi connectivity index (χ1n) is 6.14. The van der Waals surface area contributed by atoms with E-state index in [1.165, 1.54) is 0 Å². The molecule has 2 heterocycles. The molecule has 0 unspecified atom stereocenters. The highest BCUT2D eigenvalue weighted by molar-refractivity contribution is 5.73. The average molecular weight is 233 g/mol. The number of nitrogens with zero attached hydrogens (tertiary/aromatic N) is 3. The summed E-state index contributed by atoms with van der Waals surface area (Å²) in [5.41, 5.74) is 2.17. The van der Waals surface area contributed by atoms with Crippen molar-refractivity contribution in [3.63, 3.8) is 0 Å².